The van der Waals surface area contributed by atoms with E-state index < -0.39 is 0 Å². The summed E-state index contributed by atoms with van der Waals surface area (Å²) in [5.74, 6) is 0. The predicted molar refractivity (Wildman–Crippen MR) is 75.5 cm³/mol. The first-order valence-electron chi connectivity index (χ1n) is 7.08. The van der Waals surface area contributed by atoms with Gasteiger partial charge in [0.2, 0.25) is 0 Å². The van der Waals surface area contributed by atoms with Gasteiger partial charge in [0, 0.05) is 38.8 Å². The summed E-state index contributed by atoms with van der Waals surface area (Å²) in [6, 6.07) is 0.698. The quantitative estimate of drug-likeness (QED) is 0.763. The number of nitrogens with zero attached hydrogens (tertiary/aromatic N) is 2. The third-order valence-corrected chi connectivity index (χ3v) is 4.11. The van der Waals surface area contributed by atoms with Crippen LogP contribution < -0.4 is 5.32 Å². The van der Waals surface area contributed by atoms with E-state index in [1.54, 1.807) is 0 Å². The first kappa shape index (κ1) is 14.9. The Morgan fingerprint density at radius 1 is 1.35 bits per heavy atom. The van der Waals surface area contributed by atoms with E-state index in [-0.39, 0.29) is 0 Å². The highest BCUT2D eigenvalue weighted by molar-refractivity contribution is 4.84. The van der Waals surface area contributed by atoms with E-state index in [2.05, 4.69) is 50.0 Å². The Hall–Kier alpha value is -0.120. The summed E-state index contributed by atoms with van der Waals surface area (Å²) >= 11 is 0. The van der Waals surface area contributed by atoms with Crippen LogP contribution in [0.2, 0.25) is 0 Å². The molecule has 0 aromatic carbocycles. The molecule has 0 saturated carbocycles. The Balaban J connectivity index is 2.49. The molecule has 1 rings (SSSR count). The van der Waals surface area contributed by atoms with Crippen molar-refractivity contribution in [2.24, 2.45) is 5.41 Å². The van der Waals surface area contributed by atoms with Crippen LogP contribution in [0, 0.1) is 5.41 Å². The standard InChI is InChI=1S/C14H31N3/c1-6-7-14(3,11-15-4)12-17-9-8-16(5)13(2)10-17/h13,15H,6-12H2,1-5H3. The molecule has 2 unspecified atom stereocenters. The summed E-state index contributed by atoms with van der Waals surface area (Å²) in [7, 11) is 4.31. The van der Waals surface area contributed by atoms with Crippen LogP contribution in [-0.4, -0.2) is 62.7 Å². The van der Waals surface area contributed by atoms with Gasteiger partial charge < -0.3 is 10.2 Å². The molecular weight excluding hydrogens is 210 g/mol. The molecule has 3 nitrogen and oxygen atoms in total. The molecule has 0 spiro atoms. The van der Waals surface area contributed by atoms with E-state index in [0.717, 1.165) is 6.54 Å². The molecule has 0 aromatic heterocycles. The van der Waals surface area contributed by atoms with E-state index in [1.165, 1.54) is 39.0 Å². The molecule has 17 heavy (non-hydrogen) atoms. The molecule has 0 aromatic rings. The minimum atomic E-state index is 0.430. The van der Waals surface area contributed by atoms with Crippen molar-refractivity contribution < 1.29 is 0 Å². The second kappa shape index (κ2) is 6.72. The Labute approximate surface area is 108 Å². The third kappa shape index (κ3) is 4.57. The summed E-state index contributed by atoms with van der Waals surface area (Å²) in [5, 5.41) is 3.37. The molecule has 2 atom stereocenters. The summed E-state index contributed by atoms with van der Waals surface area (Å²) in [4.78, 5) is 5.11. The van der Waals surface area contributed by atoms with E-state index >= 15 is 0 Å². The Morgan fingerprint density at radius 3 is 2.59 bits per heavy atom. The normalized spacial score (nSPS) is 27.0. The average molecular weight is 241 g/mol. The molecule has 3 heteroatoms. The van der Waals surface area contributed by atoms with Crippen LogP contribution in [-0.2, 0) is 0 Å². The van der Waals surface area contributed by atoms with Gasteiger partial charge in [-0.25, -0.2) is 0 Å². The molecule has 0 radical (unpaired) electrons. The maximum atomic E-state index is 3.37. The van der Waals surface area contributed by atoms with Crippen LogP contribution >= 0.6 is 0 Å². The van der Waals surface area contributed by atoms with Gasteiger partial charge in [-0.2, -0.15) is 0 Å². The molecule has 1 heterocycles. The number of nitrogens with one attached hydrogen (secondary N) is 1. The molecular formula is C14H31N3. The van der Waals surface area contributed by atoms with Gasteiger partial charge >= 0.3 is 0 Å². The first-order valence-corrected chi connectivity index (χ1v) is 7.08. The lowest BCUT2D eigenvalue weighted by atomic mass is 9.84. The Kier molecular flexibility index (Phi) is 5.90. The minimum absolute atomic E-state index is 0.430. The lowest BCUT2D eigenvalue weighted by Gasteiger charge is -2.42. The summed E-state index contributed by atoms with van der Waals surface area (Å²) in [6.45, 7) is 13.1. The van der Waals surface area contributed by atoms with Gasteiger partial charge in [-0.15, -0.1) is 0 Å². The molecule has 102 valence electrons. The number of likely N-dealkylation sites (N-methyl/N-ethyl adjacent to an activating group) is 1. The monoisotopic (exact) mass is 241 g/mol. The van der Waals surface area contributed by atoms with Crippen molar-refractivity contribution in [1.29, 1.82) is 0 Å². The van der Waals surface area contributed by atoms with Gasteiger partial charge in [0.05, 0.1) is 0 Å². The molecule has 1 N–H and O–H groups in total. The third-order valence-electron chi connectivity index (χ3n) is 4.11. The number of rotatable bonds is 6. The van der Waals surface area contributed by atoms with Crippen LogP contribution in [0.15, 0.2) is 0 Å². The van der Waals surface area contributed by atoms with Crippen molar-refractivity contribution in [3.05, 3.63) is 0 Å². The number of hydrogen-bond donors (Lipinski definition) is 1. The predicted octanol–water partition coefficient (Wildman–Crippen LogP) is 1.65. The van der Waals surface area contributed by atoms with Crippen LogP contribution in [0.3, 0.4) is 0 Å². The lowest BCUT2D eigenvalue weighted by Crippen LogP contribution is -2.53. The Morgan fingerprint density at radius 2 is 2.06 bits per heavy atom. The minimum Gasteiger partial charge on any atom is -0.319 e. The fourth-order valence-electron chi connectivity index (χ4n) is 3.06. The second-order valence-corrected chi connectivity index (χ2v) is 6.16. The second-order valence-electron chi connectivity index (χ2n) is 6.16. The highest BCUT2D eigenvalue weighted by atomic mass is 15.3. The first-order chi connectivity index (χ1) is 8.00. The van der Waals surface area contributed by atoms with Crippen molar-refractivity contribution in [2.45, 2.75) is 39.7 Å². The van der Waals surface area contributed by atoms with Gasteiger partial charge in [0.1, 0.15) is 0 Å². The number of hydrogen-bond acceptors (Lipinski definition) is 3. The lowest BCUT2D eigenvalue weighted by molar-refractivity contribution is 0.0667. The molecule has 1 fully saturated rings. The average Bonchev–Trinajstić information content (AvgIpc) is 2.24. The molecule has 1 saturated heterocycles. The SMILES string of the molecule is CCCC(C)(CNC)CN1CCN(C)C(C)C1. The summed E-state index contributed by atoms with van der Waals surface area (Å²) < 4.78 is 0. The van der Waals surface area contributed by atoms with Gasteiger partial charge in [0.15, 0.2) is 0 Å². The Bertz CT molecular complexity index is 212. The van der Waals surface area contributed by atoms with E-state index in [0.29, 0.717) is 11.5 Å². The molecule has 0 aliphatic carbocycles. The zero-order valence-corrected chi connectivity index (χ0v) is 12.4. The van der Waals surface area contributed by atoms with E-state index in [1.807, 2.05) is 0 Å². The summed E-state index contributed by atoms with van der Waals surface area (Å²) in [6.07, 6.45) is 2.59. The summed E-state index contributed by atoms with van der Waals surface area (Å²) in [5.41, 5.74) is 0.430. The highest BCUT2D eigenvalue weighted by Crippen LogP contribution is 2.25. The van der Waals surface area contributed by atoms with Crippen molar-refractivity contribution in [3.63, 3.8) is 0 Å². The molecule has 0 bridgehead atoms. The molecule has 1 aliphatic rings. The van der Waals surface area contributed by atoms with E-state index in [9.17, 15) is 0 Å². The van der Waals surface area contributed by atoms with E-state index in [4.69, 9.17) is 0 Å². The largest absolute Gasteiger partial charge is 0.319 e. The van der Waals surface area contributed by atoms with Gasteiger partial charge in [-0.1, -0.05) is 20.3 Å². The fourth-order valence-corrected chi connectivity index (χ4v) is 3.06. The van der Waals surface area contributed by atoms with Crippen molar-refractivity contribution in [2.75, 3.05) is 46.8 Å². The van der Waals surface area contributed by atoms with Gasteiger partial charge in [-0.05, 0) is 32.9 Å². The zero-order valence-electron chi connectivity index (χ0n) is 12.4. The topological polar surface area (TPSA) is 18.5 Å². The fraction of sp³-hybridized carbons (Fsp3) is 1.00. The smallest absolute Gasteiger partial charge is 0.0192 e. The van der Waals surface area contributed by atoms with Crippen LogP contribution in [0.4, 0.5) is 0 Å². The van der Waals surface area contributed by atoms with Crippen molar-refractivity contribution >= 4 is 0 Å². The van der Waals surface area contributed by atoms with Crippen LogP contribution in [0.5, 0.6) is 0 Å². The van der Waals surface area contributed by atoms with Crippen molar-refractivity contribution in [1.82, 2.24) is 15.1 Å². The highest BCUT2D eigenvalue weighted by Gasteiger charge is 2.29. The van der Waals surface area contributed by atoms with Crippen LogP contribution in [0.25, 0.3) is 0 Å². The maximum absolute atomic E-state index is 3.37. The van der Waals surface area contributed by atoms with Gasteiger partial charge in [-0.3, -0.25) is 4.90 Å². The zero-order chi connectivity index (χ0) is 12.9. The molecule has 0 amide bonds. The van der Waals surface area contributed by atoms with Gasteiger partial charge in [0.25, 0.3) is 0 Å². The van der Waals surface area contributed by atoms with Crippen LogP contribution in [0.1, 0.15) is 33.6 Å². The number of piperazine rings is 1. The maximum Gasteiger partial charge on any atom is 0.0192 e. The van der Waals surface area contributed by atoms with Crippen molar-refractivity contribution in [3.8, 4) is 0 Å². The molecule has 1 aliphatic heterocycles.